The Bertz CT molecular complexity index is 628. The topological polar surface area (TPSA) is 62.8 Å². The van der Waals surface area contributed by atoms with Gasteiger partial charge in [-0.3, -0.25) is 0 Å². The zero-order chi connectivity index (χ0) is 17.9. The van der Waals surface area contributed by atoms with Gasteiger partial charge in [-0.05, 0) is 18.6 Å². The standard InChI is InChI=1S/C20H28N2O3.2ClH/c1-16(23)13-21-11-12-22-14-18-9-6-10-19(24-2)20(18)25-15-17-7-4-3-5-8-17;;/h3-10,16,21-23H,11-15H2,1-2H3;2*1H. The van der Waals surface area contributed by atoms with E-state index in [4.69, 9.17) is 9.47 Å². The van der Waals surface area contributed by atoms with Crippen LogP contribution in [0.15, 0.2) is 48.5 Å². The lowest BCUT2D eigenvalue weighted by atomic mass is 10.1. The molecule has 0 fully saturated rings. The molecule has 2 rings (SSSR count). The van der Waals surface area contributed by atoms with Crippen molar-refractivity contribution in [3.8, 4) is 11.5 Å². The molecule has 0 aliphatic carbocycles. The molecule has 2 aromatic carbocycles. The van der Waals surface area contributed by atoms with Gasteiger partial charge in [-0.2, -0.15) is 0 Å². The molecule has 2 aromatic rings. The van der Waals surface area contributed by atoms with Crippen LogP contribution in [-0.2, 0) is 13.2 Å². The molecule has 5 nitrogen and oxygen atoms in total. The first kappa shape index (κ1) is 25.5. The predicted molar refractivity (Wildman–Crippen MR) is 115 cm³/mol. The summed E-state index contributed by atoms with van der Waals surface area (Å²) in [5.74, 6) is 1.51. The highest BCUT2D eigenvalue weighted by atomic mass is 35.5. The number of halogens is 2. The quantitative estimate of drug-likeness (QED) is 0.491. The second-order valence-corrected chi connectivity index (χ2v) is 5.95. The summed E-state index contributed by atoms with van der Waals surface area (Å²) in [5, 5.41) is 15.8. The van der Waals surface area contributed by atoms with E-state index in [2.05, 4.69) is 10.6 Å². The van der Waals surface area contributed by atoms with Crippen molar-refractivity contribution in [1.29, 1.82) is 0 Å². The molecule has 7 heteroatoms. The molecule has 0 radical (unpaired) electrons. The maximum absolute atomic E-state index is 9.22. The molecule has 0 aromatic heterocycles. The molecular weight excluding hydrogens is 387 g/mol. The smallest absolute Gasteiger partial charge is 0.166 e. The van der Waals surface area contributed by atoms with Crippen molar-refractivity contribution in [2.45, 2.75) is 26.2 Å². The summed E-state index contributed by atoms with van der Waals surface area (Å²) in [6, 6.07) is 16.0. The normalized spacial score (nSPS) is 11.1. The first-order valence-electron chi connectivity index (χ1n) is 8.62. The third kappa shape index (κ3) is 9.31. The minimum atomic E-state index is -0.323. The van der Waals surface area contributed by atoms with Crippen LogP contribution in [0.4, 0.5) is 0 Å². The number of para-hydroxylation sites is 1. The SMILES string of the molecule is COc1cccc(CNCCNCC(C)O)c1OCc1ccccc1.Cl.Cl. The molecule has 0 bridgehead atoms. The third-order valence-electron chi connectivity index (χ3n) is 3.74. The number of methoxy groups -OCH3 is 1. The summed E-state index contributed by atoms with van der Waals surface area (Å²) in [7, 11) is 1.65. The fourth-order valence-electron chi connectivity index (χ4n) is 2.47. The van der Waals surface area contributed by atoms with Gasteiger partial charge in [-0.15, -0.1) is 24.8 Å². The fourth-order valence-corrected chi connectivity index (χ4v) is 2.47. The summed E-state index contributed by atoms with van der Waals surface area (Å²) in [6.45, 7) is 5.18. The van der Waals surface area contributed by atoms with Crippen molar-refractivity contribution in [3.63, 3.8) is 0 Å². The average Bonchev–Trinajstić information content (AvgIpc) is 2.63. The van der Waals surface area contributed by atoms with Crippen molar-refractivity contribution >= 4 is 24.8 Å². The molecule has 1 unspecified atom stereocenters. The Morgan fingerprint density at radius 2 is 1.67 bits per heavy atom. The third-order valence-corrected chi connectivity index (χ3v) is 3.74. The van der Waals surface area contributed by atoms with E-state index >= 15 is 0 Å². The van der Waals surface area contributed by atoms with E-state index < -0.39 is 0 Å². The van der Waals surface area contributed by atoms with Crippen LogP contribution in [0.5, 0.6) is 11.5 Å². The summed E-state index contributed by atoms with van der Waals surface area (Å²) < 4.78 is 11.5. The first-order chi connectivity index (χ1) is 12.2. The molecule has 0 spiro atoms. The first-order valence-corrected chi connectivity index (χ1v) is 8.62. The van der Waals surface area contributed by atoms with E-state index in [0.717, 1.165) is 35.7 Å². The Kier molecular flexibility index (Phi) is 13.7. The number of aliphatic hydroxyl groups is 1. The molecule has 152 valence electrons. The molecule has 0 amide bonds. The molecule has 27 heavy (non-hydrogen) atoms. The minimum absolute atomic E-state index is 0. The predicted octanol–water partition coefficient (Wildman–Crippen LogP) is 3.18. The van der Waals surface area contributed by atoms with Gasteiger partial charge in [0.15, 0.2) is 11.5 Å². The van der Waals surface area contributed by atoms with Crippen molar-refractivity contribution < 1.29 is 14.6 Å². The molecule has 0 saturated heterocycles. The maximum atomic E-state index is 9.22. The largest absolute Gasteiger partial charge is 0.493 e. The van der Waals surface area contributed by atoms with Gasteiger partial charge < -0.3 is 25.2 Å². The number of aliphatic hydroxyl groups excluding tert-OH is 1. The summed E-state index contributed by atoms with van der Waals surface area (Å²) >= 11 is 0. The Morgan fingerprint density at radius 3 is 2.33 bits per heavy atom. The van der Waals surface area contributed by atoms with E-state index in [1.54, 1.807) is 14.0 Å². The molecule has 1 atom stereocenters. The minimum Gasteiger partial charge on any atom is -0.493 e. The van der Waals surface area contributed by atoms with Crippen LogP contribution < -0.4 is 20.1 Å². The number of hydrogen-bond donors (Lipinski definition) is 3. The molecule has 0 aliphatic heterocycles. The number of nitrogens with one attached hydrogen (secondary N) is 2. The lowest BCUT2D eigenvalue weighted by molar-refractivity contribution is 0.191. The highest BCUT2D eigenvalue weighted by molar-refractivity contribution is 5.85. The molecule has 3 N–H and O–H groups in total. The Labute approximate surface area is 174 Å². The van der Waals surface area contributed by atoms with Crippen LogP contribution >= 0.6 is 24.8 Å². The van der Waals surface area contributed by atoms with Crippen molar-refractivity contribution in [2.75, 3.05) is 26.7 Å². The Morgan fingerprint density at radius 1 is 0.963 bits per heavy atom. The second kappa shape index (κ2) is 14.5. The second-order valence-electron chi connectivity index (χ2n) is 5.95. The monoisotopic (exact) mass is 416 g/mol. The van der Waals surface area contributed by atoms with E-state index in [0.29, 0.717) is 19.7 Å². The Hall–Kier alpha value is -1.50. The number of ether oxygens (including phenoxy) is 2. The van der Waals surface area contributed by atoms with E-state index in [-0.39, 0.29) is 30.9 Å². The Balaban J connectivity index is 0.00000338. The van der Waals surface area contributed by atoms with Crippen LogP contribution in [0, 0.1) is 0 Å². The van der Waals surface area contributed by atoms with Gasteiger partial charge in [0.05, 0.1) is 13.2 Å². The van der Waals surface area contributed by atoms with Crippen LogP contribution in [0.2, 0.25) is 0 Å². The van der Waals surface area contributed by atoms with Crippen LogP contribution in [0.1, 0.15) is 18.1 Å². The van der Waals surface area contributed by atoms with Gasteiger partial charge in [0, 0.05) is 31.7 Å². The van der Waals surface area contributed by atoms with Crippen molar-refractivity contribution in [2.24, 2.45) is 0 Å². The molecule has 0 saturated carbocycles. The lowest BCUT2D eigenvalue weighted by Gasteiger charge is -2.16. The van der Waals surface area contributed by atoms with Crippen molar-refractivity contribution in [1.82, 2.24) is 10.6 Å². The van der Waals surface area contributed by atoms with Crippen molar-refractivity contribution in [3.05, 3.63) is 59.7 Å². The van der Waals surface area contributed by atoms with Gasteiger partial charge in [0.2, 0.25) is 0 Å². The maximum Gasteiger partial charge on any atom is 0.166 e. The zero-order valence-corrected chi connectivity index (χ0v) is 17.4. The summed E-state index contributed by atoms with van der Waals surface area (Å²) in [6.07, 6.45) is -0.323. The van der Waals surface area contributed by atoms with Gasteiger partial charge in [0.25, 0.3) is 0 Å². The summed E-state index contributed by atoms with van der Waals surface area (Å²) in [4.78, 5) is 0. The number of rotatable bonds is 11. The molecule has 0 heterocycles. The average molecular weight is 417 g/mol. The zero-order valence-electron chi connectivity index (χ0n) is 15.8. The fraction of sp³-hybridized carbons (Fsp3) is 0.400. The van der Waals surface area contributed by atoms with Crippen LogP contribution in [-0.4, -0.2) is 38.0 Å². The number of benzene rings is 2. The van der Waals surface area contributed by atoms with E-state index in [9.17, 15) is 5.11 Å². The molecular formula is C20H30Cl2N2O3. The van der Waals surface area contributed by atoms with Crippen LogP contribution in [0.3, 0.4) is 0 Å². The van der Waals surface area contributed by atoms with Crippen LogP contribution in [0.25, 0.3) is 0 Å². The molecule has 0 aliphatic rings. The number of hydrogen-bond acceptors (Lipinski definition) is 5. The van der Waals surface area contributed by atoms with E-state index in [1.807, 2.05) is 48.5 Å². The van der Waals surface area contributed by atoms with E-state index in [1.165, 1.54) is 0 Å². The summed E-state index contributed by atoms with van der Waals surface area (Å²) in [5.41, 5.74) is 2.18. The highest BCUT2D eigenvalue weighted by Crippen LogP contribution is 2.31. The lowest BCUT2D eigenvalue weighted by Crippen LogP contribution is -2.31. The van der Waals surface area contributed by atoms with Gasteiger partial charge in [-0.25, -0.2) is 0 Å². The van der Waals surface area contributed by atoms with Gasteiger partial charge >= 0.3 is 0 Å². The highest BCUT2D eigenvalue weighted by Gasteiger charge is 2.10. The van der Waals surface area contributed by atoms with Gasteiger partial charge in [-0.1, -0.05) is 42.5 Å². The van der Waals surface area contributed by atoms with Gasteiger partial charge in [0.1, 0.15) is 6.61 Å².